The van der Waals surface area contributed by atoms with Crippen molar-refractivity contribution in [2.24, 2.45) is 0 Å². The van der Waals surface area contributed by atoms with E-state index in [-0.39, 0.29) is 0 Å². The summed E-state index contributed by atoms with van der Waals surface area (Å²) >= 11 is 6.42. The van der Waals surface area contributed by atoms with Crippen LogP contribution < -0.4 is 4.74 Å². The minimum atomic E-state index is 0.519. The van der Waals surface area contributed by atoms with E-state index in [1.807, 2.05) is 12.1 Å². The molecular weight excluding hydrogens is 272 g/mol. The fraction of sp³-hybridized carbons (Fsp3) is 0.562. The van der Waals surface area contributed by atoms with Crippen LogP contribution in [0.5, 0.6) is 5.75 Å². The van der Waals surface area contributed by atoms with Crippen LogP contribution in [0.3, 0.4) is 0 Å². The normalized spacial score (nSPS) is 15.8. The smallest absolute Gasteiger partial charge is 0.138 e. The Morgan fingerprint density at radius 1 is 1.25 bits per heavy atom. The topological polar surface area (TPSA) is 36.3 Å². The molecule has 20 heavy (non-hydrogen) atoms. The minimum Gasteiger partial charge on any atom is -0.492 e. The highest BCUT2D eigenvalue weighted by atomic mass is 35.5. The van der Waals surface area contributed by atoms with Gasteiger partial charge in [-0.15, -0.1) is 0 Å². The summed E-state index contributed by atoms with van der Waals surface area (Å²) in [6.45, 7) is 3.75. The standard InChI is InChI=1S/C16H21ClN2O/c17-16-14(13-19-10-3-1-4-11-19)7-6-8-15(16)20-12-5-2-9-18/h6-8H,1-5,10-13H2. The number of piperidine rings is 1. The molecule has 0 unspecified atom stereocenters. The number of nitrogens with zero attached hydrogens (tertiary/aromatic N) is 2. The molecule has 0 bridgehead atoms. The highest BCUT2D eigenvalue weighted by Crippen LogP contribution is 2.29. The SMILES string of the molecule is N#CCCCOc1cccc(CN2CCCCC2)c1Cl. The molecule has 1 heterocycles. The summed E-state index contributed by atoms with van der Waals surface area (Å²) in [4.78, 5) is 2.45. The molecule has 3 nitrogen and oxygen atoms in total. The number of ether oxygens (including phenoxy) is 1. The van der Waals surface area contributed by atoms with Crippen LogP contribution in [0, 0.1) is 11.3 Å². The molecule has 0 spiro atoms. The van der Waals surface area contributed by atoms with Gasteiger partial charge in [0, 0.05) is 13.0 Å². The zero-order valence-corrected chi connectivity index (χ0v) is 12.5. The maximum atomic E-state index is 8.51. The molecular formula is C16H21ClN2O. The zero-order valence-electron chi connectivity index (χ0n) is 11.8. The van der Waals surface area contributed by atoms with E-state index in [2.05, 4.69) is 17.0 Å². The number of unbranched alkanes of at least 4 members (excludes halogenated alkanes) is 1. The van der Waals surface area contributed by atoms with Gasteiger partial charge in [-0.25, -0.2) is 0 Å². The molecule has 1 saturated heterocycles. The fourth-order valence-corrected chi connectivity index (χ4v) is 2.72. The van der Waals surface area contributed by atoms with Gasteiger partial charge >= 0.3 is 0 Å². The van der Waals surface area contributed by atoms with Crippen molar-refractivity contribution < 1.29 is 4.74 Å². The third kappa shape index (κ3) is 4.40. The van der Waals surface area contributed by atoms with Crippen LogP contribution in [-0.4, -0.2) is 24.6 Å². The van der Waals surface area contributed by atoms with Crippen LogP contribution >= 0.6 is 11.6 Å². The van der Waals surface area contributed by atoms with Crippen LogP contribution in [0.25, 0.3) is 0 Å². The van der Waals surface area contributed by atoms with Gasteiger partial charge in [-0.3, -0.25) is 4.90 Å². The van der Waals surface area contributed by atoms with E-state index in [0.29, 0.717) is 13.0 Å². The van der Waals surface area contributed by atoms with Crippen molar-refractivity contribution in [1.29, 1.82) is 5.26 Å². The van der Waals surface area contributed by atoms with Gasteiger partial charge in [0.05, 0.1) is 17.7 Å². The lowest BCUT2D eigenvalue weighted by Crippen LogP contribution is -2.29. The number of rotatable bonds is 6. The molecule has 0 amide bonds. The van der Waals surface area contributed by atoms with Gasteiger partial charge in [-0.2, -0.15) is 5.26 Å². The summed E-state index contributed by atoms with van der Waals surface area (Å²) in [5, 5.41) is 9.22. The van der Waals surface area contributed by atoms with Gasteiger partial charge in [0.2, 0.25) is 0 Å². The Morgan fingerprint density at radius 3 is 2.80 bits per heavy atom. The summed E-state index contributed by atoms with van der Waals surface area (Å²) in [6.07, 6.45) is 5.16. The van der Waals surface area contributed by atoms with Crippen molar-refractivity contribution in [3.8, 4) is 11.8 Å². The number of hydrogen-bond donors (Lipinski definition) is 0. The van der Waals surface area contributed by atoms with E-state index < -0.39 is 0 Å². The van der Waals surface area contributed by atoms with Crippen LogP contribution in [0.2, 0.25) is 5.02 Å². The summed E-state index contributed by atoms with van der Waals surface area (Å²) in [5.74, 6) is 0.735. The van der Waals surface area contributed by atoms with Crippen molar-refractivity contribution in [2.75, 3.05) is 19.7 Å². The second-order valence-electron chi connectivity index (χ2n) is 5.18. The number of likely N-dealkylation sites (tertiary alicyclic amines) is 1. The highest BCUT2D eigenvalue weighted by molar-refractivity contribution is 6.32. The molecule has 0 aliphatic carbocycles. The van der Waals surface area contributed by atoms with E-state index in [0.717, 1.165) is 42.4 Å². The molecule has 0 saturated carbocycles. The zero-order chi connectivity index (χ0) is 14.2. The lowest BCUT2D eigenvalue weighted by atomic mass is 10.1. The molecule has 0 aromatic heterocycles. The molecule has 1 aliphatic rings. The van der Waals surface area contributed by atoms with Crippen LogP contribution in [0.1, 0.15) is 37.7 Å². The van der Waals surface area contributed by atoms with Crippen molar-refractivity contribution in [2.45, 2.75) is 38.6 Å². The Kier molecular flexibility index (Phi) is 6.17. The van der Waals surface area contributed by atoms with Gasteiger partial charge in [-0.1, -0.05) is 30.2 Å². The van der Waals surface area contributed by atoms with Crippen LogP contribution in [0.15, 0.2) is 18.2 Å². The molecule has 1 aromatic carbocycles. The molecule has 1 aromatic rings. The molecule has 0 N–H and O–H groups in total. The van der Waals surface area contributed by atoms with Crippen LogP contribution in [0.4, 0.5) is 0 Å². The van der Waals surface area contributed by atoms with Crippen molar-refractivity contribution in [3.63, 3.8) is 0 Å². The van der Waals surface area contributed by atoms with E-state index in [9.17, 15) is 0 Å². The predicted molar refractivity (Wildman–Crippen MR) is 80.9 cm³/mol. The predicted octanol–water partition coefficient (Wildman–Crippen LogP) is 4.01. The quantitative estimate of drug-likeness (QED) is 0.743. The summed E-state index contributed by atoms with van der Waals surface area (Å²) < 4.78 is 5.67. The molecule has 1 aliphatic heterocycles. The Labute approximate surface area is 126 Å². The Bertz CT molecular complexity index is 464. The van der Waals surface area contributed by atoms with E-state index >= 15 is 0 Å². The third-order valence-electron chi connectivity index (χ3n) is 3.58. The Hall–Kier alpha value is -1.24. The lowest BCUT2D eigenvalue weighted by molar-refractivity contribution is 0.220. The number of hydrogen-bond acceptors (Lipinski definition) is 3. The number of halogens is 1. The van der Waals surface area contributed by atoms with Crippen molar-refractivity contribution in [1.82, 2.24) is 4.90 Å². The highest BCUT2D eigenvalue weighted by Gasteiger charge is 2.14. The maximum Gasteiger partial charge on any atom is 0.138 e. The first-order valence-electron chi connectivity index (χ1n) is 7.31. The summed E-state index contributed by atoms with van der Waals surface area (Å²) in [7, 11) is 0. The number of benzene rings is 1. The van der Waals surface area contributed by atoms with Gasteiger partial charge < -0.3 is 4.74 Å². The van der Waals surface area contributed by atoms with Gasteiger partial charge in [-0.05, 0) is 44.0 Å². The van der Waals surface area contributed by atoms with Gasteiger partial charge in [0.15, 0.2) is 0 Å². The Morgan fingerprint density at radius 2 is 2.05 bits per heavy atom. The van der Waals surface area contributed by atoms with Gasteiger partial charge in [0.25, 0.3) is 0 Å². The second-order valence-corrected chi connectivity index (χ2v) is 5.55. The largest absolute Gasteiger partial charge is 0.492 e. The molecule has 1 fully saturated rings. The fourth-order valence-electron chi connectivity index (χ4n) is 2.48. The average molecular weight is 293 g/mol. The Balaban J connectivity index is 1.94. The maximum absolute atomic E-state index is 8.51. The average Bonchev–Trinajstić information content (AvgIpc) is 2.48. The van der Waals surface area contributed by atoms with E-state index in [1.54, 1.807) is 0 Å². The van der Waals surface area contributed by atoms with E-state index in [4.69, 9.17) is 21.6 Å². The molecule has 0 radical (unpaired) electrons. The summed E-state index contributed by atoms with van der Waals surface area (Å²) in [6, 6.07) is 8.07. The molecule has 0 atom stereocenters. The van der Waals surface area contributed by atoms with Crippen molar-refractivity contribution >= 4 is 11.6 Å². The first kappa shape index (κ1) is 15.2. The molecule has 2 rings (SSSR count). The third-order valence-corrected chi connectivity index (χ3v) is 4.01. The molecule has 4 heteroatoms. The lowest BCUT2D eigenvalue weighted by Gasteiger charge is -2.27. The first-order valence-corrected chi connectivity index (χ1v) is 7.68. The first-order chi connectivity index (χ1) is 9.81. The molecule has 108 valence electrons. The van der Waals surface area contributed by atoms with Crippen molar-refractivity contribution in [3.05, 3.63) is 28.8 Å². The minimum absolute atomic E-state index is 0.519. The van der Waals surface area contributed by atoms with Crippen LogP contribution in [-0.2, 0) is 6.54 Å². The van der Waals surface area contributed by atoms with Gasteiger partial charge in [0.1, 0.15) is 5.75 Å². The second kappa shape index (κ2) is 8.14. The van der Waals surface area contributed by atoms with E-state index in [1.165, 1.54) is 19.3 Å². The number of nitriles is 1. The monoisotopic (exact) mass is 292 g/mol. The summed E-state index contributed by atoms with van der Waals surface area (Å²) in [5.41, 5.74) is 1.13.